The van der Waals surface area contributed by atoms with Crippen molar-refractivity contribution in [3.63, 3.8) is 0 Å². The van der Waals surface area contributed by atoms with Crippen molar-refractivity contribution in [1.29, 1.82) is 0 Å². The van der Waals surface area contributed by atoms with Crippen LogP contribution in [0.4, 0.5) is 15.8 Å². The van der Waals surface area contributed by atoms with Crippen molar-refractivity contribution in [2.75, 3.05) is 49.5 Å². The third-order valence-electron chi connectivity index (χ3n) is 5.51. The molecule has 0 saturated carbocycles. The molecule has 8 heteroatoms. The number of aromatic amines is 1. The maximum Gasteiger partial charge on any atom is 0.356 e. The van der Waals surface area contributed by atoms with Gasteiger partial charge in [0.25, 0.3) is 5.91 Å². The van der Waals surface area contributed by atoms with Crippen LogP contribution in [0.5, 0.6) is 0 Å². The number of carbonyl (C=O) groups is 2. The van der Waals surface area contributed by atoms with Crippen LogP contribution in [0.3, 0.4) is 0 Å². The number of para-hydroxylation sites is 1. The molecule has 3 aromatic rings. The van der Waals surface area contributed by atoms with Crippen molar-refractivity contribution in [2.24, 2.45) is 0 Å². The molecule has 0 spiro atoms. The van der Waals surface area contributed by atoms with Gasteiger partial charge in [-0.15, -0.1) is 0 Å². The largest absolute Gasteiger partial charge is 0.461 e. The Morgan fingerprint density at radius 1 is 1.16 bits per heavy atom. The highest BCUT2D eigenvalue weighted by Gasteiger charge is 2.25. The molecule has 1 fully saturated rings. The zero-order chi connectivity index (χ0) is 21.8. The molecule has 1 aromatic heterocycles. The number of aromatic nitrogens is 1. The Bertz CT molecular complexity index is 1080. The van der Waals surface area contributed by atoms with Gasteiger partial charge in [0.05, 0.1) is 38.5 Å². The second-order valence-electron chi connectivity index (χ2n) is 7.58. The van der Waals surface area contributed by atoms with E-state index in [2.05, 4.69) is 27.3 Å². The van der Waals surface area contributed by atoms with Gasteiger partial charge in [-0.2, -0.15) is 0 Å². The van der Waals surface area contributed by atoms with Crippen LogP contribution in [-0.2, 0) is 9.53 Å². The average Bonchev–Trinajstić information content (AvgIpc) is 3.12. The van der Waals surface area contributed by atoms with Gasteiger partial charge >= 0.3 is 5.97 Å². The molecule has 0 aliphatic carbocycles. The first-order valence-corrected chi connectivity index (χ1v) is 10.5. The summed E-state index contributed by atoms with van der Waals surface area (Å²) in [5, 5.41) is 3.26. The summed E-state index contributed by atoms with van der Waals surface area (Å²) in [5.74, 6) is -1.25. The first-order chi connectivity index (χ1) is 15.0. The lowest BCUT2D eigenvalue weighted by Crippen LogP contribution is -3.15. The number of nitrogens with one attached hydrogen (secondary N) is 3. The molecule has 0 bridgehead atoms. The van der Waals surface area contributed by atoms with E-state index in [0.717, 1.165) is 31.1 Å². The van der Waals surface area contributed by atoms with Gasteiger partial charge in [-0.1, -0.05) is 18.2 Å². The third-order valence-corrected chi connectivity index (χ3v) is 5.51. The smallest absolute Gasteiger partial charge is 0.356 e. The van der Waals surface area contributed by atoms with Crippen molar-refractivity contribution >= 4 is 34.2 Å². The van der Waals surface area contributed by atoms with Gasteiger partial charge in [0.1, 0.15) is 11.5 Å². The first kappa shape index (κ1) is 20.9. The van der Waals surface area contributed by atoms with Gasteiger partial charge in [-0.25, -0.2) is 9.18 Å². The maximum absolute atomic E-state index is 13.8. The van der Waals surface area contributed by atoms with E-state index in [9.17, 15) is 14.0 Å². The Morgan fingerprint density at radius 2 is 1.90 bits per heavy atom. The summed E-state index contributed by atoms with van der Waals surface area (Å²) in [6.07, 6.45) is 0. The molecule has 2 aromatic carbocycles. The highest BCUT2D eigenvalue weighted by atomic mass is 19.1. The number of hydrogen-bond acceptors (Lipinski definition) is 4. The van der Waals surface area contributed by atoms with Gasteiger partial charge < -0.3 is 24.8 Å². The van der Waals surface area contributed by atoms with Gasteiger partial charge in [0.2, 0.25) is 0 Å². The van der Waals surface area contributed by atoms with E-state index in [4.69, 9.17) is 4.74 Å². The standard InChI is InChI=1S/C23H25FN4O3/c1-2-31-23(30)22-21(18-14-16(24)8-9-19(18)25-22)26-20(29)15-27-10-12-28(13-11-27)17-6-4-3-5-7-17/h3-9,14,25H,2,10-13,15H2,1H3,(H,26,29)/p+1. The lowest BCUT2D eigenvalue weighted by molar-refractivity contribution is -0.892. The second-order valence-corrected chi connectivity index (χ2v) is 7.58. The molecule has 31 heavy (non-hydrogen) atoms. The molecule has 1 aliphatic heterocycles. The number of amides is 1. The Labute approximate surface area is 179 Å². The topological polar surface area (TPSA) is 78.9 Å². The summed E-state index contributed by atoms with van der Waals surface area (Å²) < 4.78 is 18.9. The predicted molar refractivity (Wildman–Crippen MR) is 117 cm³/mol. The van der Waals surface area contributed by atoms with E-state index in [-0.39, 0.29) is 30.4 Å². The minimum absolute atomic E-state index is 0.125. The number of H-pyrrole nitrogens is 1. The van der Waals surface area contributed by atoms with Gasteiger partial charge in [0.15, 0.2) is 6.54 Å². The van der Waals surface area contributed by atoms with Crippen molar-refractivity contribution in [3.05, 3.63) is 60.0 Å². The fraction of sp³-hybridized carbons (Fsp3) is 0.304. The summed E-state index contributed by atoms with van der Waals surface area (Å²) in [4.78, 5) is 31.5. The number of fused-ring (bicyclic) bond motifs is 1. The SMILES string of the molecule is CCOC(=O)c1[nH]c2ccc(F)cc2c1NC(=O)C[NH+]1CCN(c2ccccc2)CC1. The van der Waals surface area contributed by atoms with Crippen LogP contribution in [0, 0.1) is 5.82 Å². The Morgan fingerprint density at radius 3 is 2.61 bits per heavy atom. The van der Waals surface area contributed by atoms with E-state index >= 15 is 0 Å². The van der Waals surface area contributed by atoms with Crippen molar-refractivity contribution in [3.8, 4) is 0 Å². The van der Waals surface area contributed by atoms with Crippen LogP contribution in [0.1, 0.15) is 17.4 Å². The summed E-state index contributed by atoms with van der Waals surface area (Å²) in [6, 6.07) is 14.4. The molecule has 1 amide bonds. The number of quaternary nitrogens is 1. The molecular weight excluding hydrogens is 399 g/mol. The molecule has 1 saturated heterocycles. The molecule has 0 atom stereocenters. The van der Waals surface area contributed by atoms with Gasteiger partial charge in [0, 0.05) is 16.6 Å². The normalized spacial score (nSPS) is 14.6. The number of anilines is 2. The number of carbonyl (C=O) groups excluding carboxylic acids is 2. The minimum atomic E-state index is -0.585. The fourth-order valence-corrected chi connectivity index (χ4v) is 3.96. The number of rotatable bonds is 6. The van der Waals surface area contributed by atoms with Crippen LogP contribution in [0.25, 0.3) is 10.9 Å². The molecule has 3 N–H and O–H groups in total. The van der Waals surface area contributed by atoms with E-state index in [0.29, 0.717) is 10.9 Å². The number of halogens is 1. The zero-order valence-corrected chi connectivity index (χ0v) is 17.4. The number of benzene rings is 2. The summed E-state index contributed by atoms with van der Waals surface area (Å²) >= 11 is 0. The van der Waals surface area contributed by atoms with E-state index in [1.165, 1.54) is 23.9 Å². The van der Waals surface area contributed by atoms with E-state index in [1.807, 2.05) is 18.2 Å². The highest BCUT2D eigenvalue weighted by Crippen LogP contribution is 2.29. The molecule has 7 nitrogen and oxygen atoms in total. The monoisotopic (exact) mass is 425 g/mol. The molecule has 2 heterocycles. The number of piperazine rings is 1. The zero-order valence-electron chi connectivity index (χ0n) is 17.4. The van der Waals surface area contributed by atoms with E-state index in [1.54, 1.807) is 6.92 Å². The Kier molecular flexibility index (Phi) is 6.18. The predicted octanol–water partition coefficient (Wildman–Crippen LogP) is 1.83. The molecule has 1 aliphatic rings. The number of hydrogen-bond donors (Lipinski definition) is 3. The lowest BCUT2D eigenvalue weighted by Gasteiger charge is -2.33. The summed E-state index contributed by atoms with van der Waals surface area (Å²) in [7, 11) is 0. The second kappa shape index (κ2) is 9.18. The molecule has 0 unspecified atom stereocenters. The van der Waals surface area contributed by atoms with Crippen molar-refractivity contribution in [1.82, 2.24) is 4.98 Å². The molecular formula is C23H26FN4O3+. The summed E-state index contributed by atoms with van der Waals surface area (Å²) in [5.41, 5.74) is 2.13. The van der Waals surface area contributed by atoms with Crippen LogP contribution in [0.2, 0.25) is 0 Å². The maximum atomic E-state index is 13.8. The van der Waals surface area contributed by atoms with Crippen LogP contribution in [-0.4, -0.2) is 56.2 Å². The Hall–Kier alpha value is -3.39. The van der Waals surface area contributed by atoms with E-state index < -0.39 is 11.8 Å². The third kappa shape index (κ3) is 4.69. The van der Waals surface area contributed by atoms with Crippen LogP contribution in [0.15, 0.2) is 48.5 Å². The van der Waals surface area contributed by atoms with Crippen LogP contribution >= 0.6 is 0 Å². The number of esters is 1. The molecule has 4 rings (SSSR count). The first-order valence-electron chi connectivity index (χ1n) is 10.5. The average molecular weight is 425 g/mol. The van der Waals surface area contributed by atoms with Crippen molar-refractivity contribution < 1.29 is 23.6 Å². The Balaban J connectivity index is 1.44. The fourth-order valence-electron chi connectivity index (χ4n) is 3.96. The van der Waals surface area contributed by atoms with Gasteiger partial charge in [-0.05, 0) is 37.3 Å². The van der Waals surface area contributed by atoms with Gasteiger partial charge in [-0.3, -0.25) is 4.79 Å². The van der Waals surface area contributed by atoms with Crippen molar-refractivity contribution in [2.45, 2.75) is 6.92 Å². The minimum Gasteiger partial charge on any atom is -0.461 e. The quantitative estimate of drug-likeness (QED) is 0.527. The summed E-state index contributed by atoms with van der Waals surface area (Å²) in [6.45, 7) is 5.55. The highest BCUT2D eigenvalue weighted by molar-refractivity contribution is 6.11. The number of ether oxygens (including phenoxy) is 1. The molecule has 162 valence electrons. The number of nitrogens with zero attached hydrogens (tertiary/aromatic N) is 1. The molecule has 0 radical (unpaired) electrons. The lowest BCUT2D eigenvalue weighted by atomic mass is 10.2. The van der Waals surface area contributed by atoms with Crippen LogP contribution < -0.4 is 15.1 Å².